The largest absolute Gasteiger partial charge is 0.380 e. The summed E-state index contributed by atoms with van der Waals surface area (Å²) in [5, 5.41) is 3.01. The van der Waals surface area contributed by atoms with Crippen molar-refractivity contribution in [1.82, 2.24) is 15.1 Å². The molecule has 2 aromatic rings. The number of likely N-dealkylation sites (N-methyl/N-ethyl adjacent to an activating group) is 1. The molecule has 0 bridgehead atoms. The van der Waals surface area contributed by atoms with Crippen LogP contribution in [0.2, 0.25) is 0 Å². The lowest BCUT2D eigenvalue weighted by Gasteiger charge is -2.32. The maximum atomic E-state index is 12.5. The molecule has 0 aliphatic carbocycles. The Kier molecular flexibility index (Phi) is 6.98. The summed E-state index contributed by atoms with van der Waals surface area (Å²) in [6, 6.07) is 16.1. The van der Waals surface area contributed by atoms with E-state index in [-0.39, 0.29) is 5.91 Å². The average molecular weight is 367 g/mol. The number of benzene rings is 2. The molecular formula is C22H29N3O2. The van der Waals surface area contributed by atoms with Crippen LogP contribution in [0.1, 0.15) is 27.0 Å². The molecule has 0 aromatic heterocycles. The minimum Gasteiger partial charge on any atom is -0.380 e. The quantitative estimate of drug-likeness (QED) is 0.817. The maximum absolute atomic E-state index is 12.5. The van der Waals surface area contributed by atoms with E-state index in [1.165, 1.54) is 5.56 Å². The molecule has 0 spiro atoms. The zero-order valence-corrected chi connectivity index (χ0v) is 16.3. The van der Waals surface area contributed by atoms with Crippen LogP contribution in [0, 0.1) is 0 Å². The topological polar surface area (TPSA) is 44.8 Å². The molecule has 1 aliphatic heterocycles. The highest BCUT2D eigenvalue weighted by molar-refractivity contribution is 5.95. The number of rotatable bonds is 7. The monoisotopic (exact) mass is 367 g/mol. The smallest absolute Gasteiger partial charge is 0.251 e. The number of piperazine rings is 1. The molecule has 3 rings (SSSR count). The van der Waals surface area contributed by atoms with Gasteiger partial charge in [-0.15, -0.1) is 0 Å². The summed E-state index contributed by atoms with van der Waals surface area (Å²) < 4.78 is 5.18. The summed E-state index contributed by atoms with van der Waals surface area (Å²) in [6.07, 6.45) is 0. The Labute approximate surface area is 161 Å². The van der Waals surface area contributed by atoms with Crippen molar-refractivity contribution < 1.29 is 9.53 Å². The second-order valence-corrected chi connectivity index (χ2v) is 7.17. The van der Waals surface area contributed by atoms with Gasteiger partial charge >= 0.3 is 0 Å². The molecule has 1 aliphatic rings. The van der Waals surface area contributed by atoms with Gasteiger partial charge in [0.25, 0.3) is 5.91 Å². The SMILES string of the molecule is COCc1ccccc1C(=O)NCc1ccc(CN2CCN(C)CC2)cc1. The second-order valence-electron chi connectivity index (χ2n) is 7.17. The summed E-state index contributed by atoms with van der Waals surface area (Å²) in [5.41, 5.74) is 4.00. The predicted molar refractivity (Wildman–Crippen MR) is 108 cm³/mol. The Morgan fingerprint density at radius 1 is 1.00 bits per heavy atom. The van der Waals surface area contributed by atoms with Gasteiger partial charge in [0.2, 0.25) is 0 Å². The van der Waals surface area contributed by atoms with Crippen LogP contribution in [-0.4, -0.2) is 56.0 Å². The molecule has 27 heavy (non-hydrogen) atoms. The van der Waals surface area contributed by atoms with Gasteiger partial charge in [-0.3, -0.25) is 9.69 Å². The third kappa shape index (κ3) is 5.63. The van der Waals surface area contributed by atoms with Crippen molar-refractivity contribution in [3.63, 3.8) is 0 Å². The first kappa shape index (κ1) is 19.5. The number of ether oxygens (including phenoxy) is 1. The summed E-state index contributed by atoms with van der Waals surface area (Å²) in [4.78, 5) is 17.4. The van der Waals surface area contributed by atoms with E-state index in [4.69, 9.17) is 4.74 Å². The first-order chi connectivity index (χ1) is 13.2. The third-order valence-corrected chi connectivity index (χ3v) is 5.04. The van der Waals surface area contributed by atoms with Crippen LogP contribution < -0.4 is 5.32 Å². The average Bonchev–Trinajstić information content (AvgIpc) is 2.70. The van der Waals surface area contributed by atoms with Gasteiger partial charge in [0.15, 0.2) is 0 Å². The predicted octanol–water partition coefficient (Wildman–Crippen LogP) is 2.51. The number of methoxy groups -OCH3 is 1. The molecule has 2 aromatic carbocycles. The zero-order chi connectivity index (χ0) is 19.1. The van der Waals surface area contributed by atoms with Crippen molar-refractivity contribution in [3.05, 3.63) is 70.8 Å². The number of nitrogens with one attached hydrogen (secondary N) is 1. The van der Waals surface area contributed by atoms with Gasteiger partial charge in [-0.05, 0) is 29.8 Å². The highest BCUT2D eigenvalue weighted by atomic mass is 16.5. The Bertz CT molecular complexity index is 737. The third-order valence-electron chi connectivity index (χ3n) is 5.04. The van der Waals surface area contributed by atoms with E-state index in [1.54, 1.807) is 7.11 Å². The summed E-state index contributed by atoms with van der Waals surface area (Å²) in [5.74, 6) is -0.0656. The Morgan fingerprint density at radius 3 is 2.37 bits per heavy atom. The normalized spacial score (nSPS) is 15.6. The second kappa shape index (κ2) is 9.65. The lowest BCUT2D eigenvalue weighted by molar-refractivity contribution is 0.0946. The highest BCUT2D eigenvalue weighted by Crippen LogP contribution is 2.12. The minimum absolute atomic E-state index is 0.0656. The summed E-state index contributed by atoms with van der Waals surface area (Å²) in [6.45, 7) is 6.46. The van der Waals surface area contributed by atoms with Crippen LogP contribution in [0.5, 0.6) is 0 Å². The van der Waals surface area contributed by atoms with Gasteiger partial charge in [-0.2, -0.15) is 0 Å². The Morgan fingerprint density at radius 2 is 1.67 bits per heavy atom. The van der Waals surface area contributed by atoms with Crippen molar-refractivity contribution >= 4 is 5.91 Å². The first-order valence-electron chi connectivity index (χ1n) is 9.49. The van der Waals surface area contributed by atoms with Crippen LogP contribution in [0.3, 0.4) is 0 Å². The molecule has 1 amide bonds. The molecule has 1 heterocycles. The Balaban J connectivity index is 1.52. The fourth-order valence-electron chi connectivity index (χ4n) is 3.33. The summed E-state index contributed by atoms with van der Waals surface area (Å²) in [7, 11) is 3.81. The van der Waals surface area contributed by atoms with Crippen molar-refractivity contribution in [2.24, 2.45) is 0 Å². The molecular weight excluding hydrogens is 338 g/mol. The van der Waals surface area contributed by atoms with E-state index in [2.05, 4.69) is 46.4 Å². The van der Waals surface area contributed by atoms with E-state index < -0.39 is 0 Å². The zero-order valence-electron chi connectivity index (χ0n) is 16.3. The molecule has 0 radical (unpaired) electrons. The van der Waals surface area contributed by atoms with E-state index in [1.807, 2.05) is 24.3 Å². The first-order valence-corrected chi connectivity index (χ1v) is 9.49. The van der Waals surface area contributed by atoms with Gasteiger partial charge < -0.3 is 15.0 Å². The molecule has 1 fully saturated rings. The number of carbonyl (C=O) groups excluding carboxylic acids is 1. The van der Waals surface area contributed by atoms with Crippen molar-refractivity contribution in [2.75, 3.05) is 40.3 Å². The maximum Gasteiger partial charge on any atom is 0.251 e. The number of hydrogen-bond donors (Lipinski definition) is 1. The number of carbonyl (C=O) groups is 1. The Hall–Kier alpha value is -2.21. The highest BCUT2D eigenvalue weighted by Gasteiger charge is 2.14. The summed E-state index contributed by atoms with van der Waals surface area (Å²) >= 11 is 0. The van der Waals surface area contributed by atoms with Gasteiger partial charge in [0, 0.05) is 51.9 Å². The van der Waals surface area contributed by atoms with Gasteiger partial charge in [-0.1, -0.05) is 42.5 Å². The van der Waals surface area contributed by atoms with Crippen LogP contribution in [0.4, 0.5) is 0 Å². The number of nitrogens with zero attached hydrogens (tertiary/aromatic N) is 2. The van der Waals surface area contributed by atoms with Crippen molar-refractivity contribution in [3.8, 4) is 0 Å². The lowest BCUT2D eigenvalue weighted by atomic mass is 10.1. The molecule has 0 saturated carbocycles. The van der Waals surface area contributed by atoms with Crippen molar-refractivity contribution in [1.29, 1.82) is 0 Å². The van der Waals surface area contributed by atoms with E-state index in [9.17, 15) is 4.79 Å². The van der Waals surface area contributed by atoms with Crippen molar-refractivity contribution in [2.45, 2.75) is 19.7 Å². The fourth-order valence-corrected chi connectivity index (χ4v) is 3.33. The molecule has 5 nitrogen and oxygen atoms in total. The molecule has 1 N–H and O–H groups in total. The van der Waals surface area contributed by atoms with E-state index >= 15 is 0 Å². The van der Waals surface area contributed by atoms with Gasteiger partial charge in [0.1, 0.15) is 0 Å². The molecule has 0 unspecified atom stereocenters. The van der Waals surface area contributed by atoms with Crippen LogP contribution in [0.15, 0.2) is 48.5 Å². The van der Waals surface area contributed by atoms with E-state index in [0.29, 0.717) is 18.7 Å². The number of hydrogen-bond acceptors (Lipinski definition) is 4. The van der Waals surface area contributed by atoms with Gasteiger partial charge in [0.05, 0.1) is 6.61 Å². The van der Waals surface area contributed by atoms with Crippen LogP contribution in [-0.2, 0) is 24.4 Å². The molecule has 5 heteroatoms. The molecule has 0 atom stereocenters. The fraction of sp³-hybridized carbons (Fsp3) is 0.409. The minimum atomic E-state index is -0.0656. The number of amides is 1. The lowest BCUT2D eigenvalue weighted by Crippen LogP contribution is -2.43. The molecule has 1 saturated heterocycles. The standard InChI is InChI=1S/C22H29N3O2/c1-24-11-13-25(14-12-24)16-19-9-7-18(8-10-19)15-23-22(26)21-6-4-3-5-20(21)17-27-2/h3-10H,11-17H2,1-2H3,(H,23,26). The van der Waals surface area contributed by atoms with Crippen LogP contribution in [0.25, 0.3) is 0 Å². The van der Waals surface area contributed by atoms with E-state index in [0.717, 1.165) is 43.9 Å². The van der Waals surface area contributed by atoms with Crippen LogP contribution >= 0.6 is 0 Å². The molecule has 144 valence electrons. The van der Waals surface area contributed by atoms with Gasteiger partial charge in [-0.25, -0.2) is 0 Å².